The molecule has 0 saturated heterocycles. The summed E-state index contributed by atoms with van der Waals surface area (Å²) in [7, 11) is 0. The summed E-state index contributed by atoms with van der Waals surface area (Å²) in [6.45, 7) is 4.79. The van der Waals surface area contributed by atoms with Gasteiger partial charge in [0.25, 0.3) is 0 Å². The van der Waals surface area contributed by atoms with Gasteiger partial charge in [0.05, 0.1) is 0 Å². The summed E-state index contributed by atoms with van der Waals surface area (Å²) < 4.78 is 0. The van der Waals surface area contributed by atoms with Crippen molar-refractivity contribution in [2.24, 2.45) is 23.2 Å². The minimum Gasteiger partial charge on any atom is -0.0922 e. The van der Waals surface area contributed by atoms with Crippen LogP contribution < -0.4 is 0 Å². The van der Waals surface area contributed by atoms with Gasteiger partial charge in [0.1, 0.15) is 0 Å². The van der Waals surface area contributed by atoms with E-state index in [9.17, 15) is 0 Å². The average molecular weight is 259 g/mol. The zero-order valence-corrected chi connectivity index (χ0v) is 11.1. The molecule has 0 N–H and O–H groups in total. The summed E-state index contributed by atoms with van der Waals surface area (Å²) in [5, 5.41) is 1.18. The first-order chi connectivity index (χ1) is 6.67. The molecule has 1 heteroatoms. The van der Waals surface area contributed by atoms with Crippen LogP contribution in [-0.4, -0.2) is 5.33 Å². The summed E-state index contributed by atoms with van der Waals surface area (Å²) in [5.41, 5.74) is 0.565. The van der Waals surface area contributed by atoms with E-state index in [4.69, 9.17) is 0 Å². The Morgan fingerprint density at radius 1 is 1.29 bits per heavy atom. The second-order valence-electron chi connectivity index (χ2n) is 5.94. The SMILES string of the molecule is CCC(C)(CBr)CC1CC2CCC1C2. The quantitative estimate of drug-likeness (QED) is 0.646. The van der Waals surface area contributed by atoms with Gasteiger partial charge in [-0.15, -0.1) is 0 Å². The third-order valence-corrected chi connectivity index (χ3v) is 6.17. The van der Waals surface area contributed by atoms with Crippen molar-refractivity contribution >= 4 is 15.9 Å². The van der Waals surface area contributed by atoms with Crippen LogP contribution in [0.2, 0.25) is 0 Å². The maximum atomic E-state index is 3.69. The Bertz CT molecular complexity index is 195. The van der Waals surface area contributed by atoms with Crippen molar-refractivity contribution in [1.82, 2.24) is 0 Å². The molecule has 0 nitrogen and oxygen atoms in total. The Kier molecular flexibility index (Phi) is 3.26. The van der Waals surface area contributed by atoms with Gasteiger partial charge in [-0.2, -0.15) is 0 Å². The van der Waals surface area contributed by atoms with Gasteiger partial charge < -0.3 is 0 Å². The first-order valence-corrected chi connectivity index (χ1v) is 7.35. The minimum atomic E-state index is 0.565. The number of alkyl halides is 1. The molecule has 2 aliphatic carbocycles. The highest BCUT2D eigenvalue weighted by Gasteiger charge is 2.41. The maximum Gasteiger partial charge on any atom is 0.00853 e. The fraction of sp³-hybridized carbons (Fsp3) is 1.00. The molecule has 82 valence electrons. The van der Waals surface area contributed by atoms with Crippen LogP contribution >= 0.6 is 15.9 Å². The number of rotatable bonds is 4. The number of hydrogen-bond donors (Lipinski definition) is 0. The Balaban J connectivity index is 1.91. The number of hydrogen-bond acceptors (Lipinski definition) is 0. The van der Waals surface area contributed by atoms with Gasteiger partial charge in [-0.05, 0) is 55.3 Å². The summed E-state index contributed by atoms with van der Waals surface area (Å²) in [4.78, 5) is 0. The lowest BCUT2D eigenvalue weighted by Gasteiger charge is -2.33. The summed E-state index contributed by atoms with van der Waals surface area (Å²) in [6.07, 6.45) is 8.98. The van der Waals surface area contributed by atoms with E-state index >= 15 is 0 Å². The molecule has 0 aliphatic heterocycles. The highest BCUT2D eigenvalue weighted by Crippen LogP contribution is 2.52. The molecule has 0 amide bonds. The molecule has 2 bridgehead atoms. The van der Waals surface area contributed by atoms with Crippen LogP contribution in [0.25, 0.3) is 0 Å². The van der Waals surface area contributed by atoms with Crippen LogP contribution in [-0.2, 0) is 0 Å². The predicted molar refractivity (Wildman–Crippen MR) is 65.7 cm³/mol. The lowest BCUT2D eigenvalue weighted by Crippen LogP contribution is -2.24. The van der Waals surface area contributed by atoms with Gasteiger partial charge in [0.2, 0.25) is 0 Å². The van der Waals surface area contributed by atoms with Crippen molar-refractivity contribution in [1.29, 1.82) is 0 Å². The summed E-state index contributed by atoms with van der Waals surface area (Å²) in [6, 6.07) is 0. The van der Waals surface area contributed by atoms with E-state index in [2.05, 4.69) is 29.8 Å². The number of fused-ring (bicyclic) bond motifs is 2. The first kappa shape index (κ1) is 11.0. The highest BCUT2D eigenvalue weighted by atomic mass is 79.9. The second-order valence-corrected chi connectivity index (χ2v) is 6.50. The topological polar surface area (TPSA) is 0 Å². The zero-order valence-electron chi connectivity index (χ0n) is 9.56. The van der Waals surface area contributed by atoms with Crippen molar-refractivity contribution in [3.05, 3.63) is 0 Å². The molecule has 2 aliphatic rings. The molecule has 0 heterocycles. The minimum absolute atomic E-state index is 0.565. The summed E-state index contributed by atoms with van der Waals surface area (Å²) in [5.74, 6) is 3.28. The van der Waals surface area contributed by atoms with Gasteiger partial charge in [-0.3, -0.25) is 0 Å². The lowest BCUT2D eigenvalue weighted by molar-refractivity contribution is 0.207. The third-order valence-electron chi connectivity index (χ3n) is 4.82. The molecule has 2 fully saturated rings. The normalized spacial score (nSPS) is 40.1. The fourth-order valence-electron chi connectivity index (χ4n) is 3.55. The van der Waals surface area contributed by atoms with Crippen LogP contribution in [0.1, 0.15) is 52.4 Å². The molecule has 14 heavy (non-hydrogen) atoms. The third kappa shape index (κ3) is 2.03. The molecule has 2 rings (SSSR count). The maximum absolute atomic E-state index is 3.69. The molecule has 0 aromatic carbocycles. The van der Waals surface area contributed by atoms with E-state index in [1.54, 1.807) is 12.8 Å². The smallest absolute Gasteiger partial charge is 0.00853 e. The Labute approximate surface area is 97.0 Å². The van der Waals surface area contributed by atoms with E-state index in [1.165, 1.54) is 31.0 Å². The van der Waals surface area contributed by atoms with E-state index in [0.717, 1.165) is 17.8 Å². The van der Waals surface area contributed by atoms with E-state index in [0.29, 0.717) is 5.41 Å². The Hall–Kier alpha value is 0.480. The van der Waals surface area contributed by atoms with Gasteiger partial charge in [0.15, 0.2) is 0 Å². The number of halogens is 1. The molecular weight excluding hydrogens is 236 g/mol. The van der Waals surface area contributed by atoms with Crippen LogP contribution in [0.5, 0.6) is 0 Å². The zero-order chi connectivity index (χ0) is 10.2. The van der Waals surface area contributed by atoms with Crippen LogP contribution in [0.3, 0.4) is 0 Å². The van der Waals surface area contributed by atoms with Gasteiger partial charge in [-0.1, -0.05) is 36.2 Å². The van der Waals surface area contributed by atoms with E-state index in [-0.39, 0.29) is 0 Å². The van der Waals surface area contributed by atoms with E-state index < -0.39 is 0 Å². The van der Waals surface area contributed by atoms with Crippen molar-refractivity contribution in [3.8, 4) is 0 Å². The molecular formula is C13H23Br. The first-order valence-electron chi connectivity index (χ1n) is 6.23. The molecule has 4 unspecified atom stereocenters. The molecule has 0 aromatic heterocycles. The molecule has 0 spiro atoms. The second kappa shape index (κ2) is 4.15. The van der Waals surface area contributed by atoms with Crippen molar-refractivity contribution < 1.29 is 0 Å². The van der Waals surface area contributed by atoms with Crippen molar-refractivity contribution in [2.75, 3.05) is 5.33 Å². The standard InChI is InChI=1S/C13H23Br/c1-3-13(2,9-14)8-12-7-10-4-5-11(12)6-10/h10-12H,3-9H2,1-2H3. The largest absolute Gasteiger partial charge is 0.0922 e. The van der Waals surface area contributed by atoms with Crippen LogP contribution in [0.4, 0.5) is 0 Å². The Morgan fingerprint density at radius 3 is 2.50 bits per heavy atom. The van der Waals surface area contributed by atoms with Crippen molar-refractivity contribution in [2.45, 2.75) is 52.4 Å². The molecule has 4 atom stereocenters. The molecule has 0 aromatic rings. The fourth-order valence-corrected chi connectivity index (χ4v) is 4.18. The monoisotopic (exact) mass is 258 g/mol. The Morgan fingerprint density at radius 2 is 2.07 bits per heavy atom. The van der Waals surface area contributed by atoms with Crippen LogP contribution in [0.15, 0.2) is 0 Å². The lowest BCUT2D eigenvalue weighted by atomic mass is 9.75. The van der Waals surface area contributed by atoms with E-state index in [1.807, 2.05) is 0 Å². The molecule has 2 saturated carbocycles. The van der Waals surface area contributed by atoms with Crippen LogP contribution in [0, 0.1) is 23.2 Å². The highest BCUT2D eigenvalue weighted by molar-refractivity contribution is 9.09. The predicted octanol–water partition coefficient (Wildman–Crippen LogP) is 4.62. The van der Waals surface area contributed by atoms with Crippen molar-refractivity contribution in [3.63, 3.8) is 0 Å². The van der Waals surface area contributed by atoms with Gasteiger partial charge in [0, 0.05) is 5.33 Å². The summed E-state index contributed by atoms with van der Waals surface area (Å²) >= 11 is 3.69. The molecule has 0 radical (unpaired) electrons. The van der Waals surface area contributed by atoms with Gasteiger partial charge in [-0.25, -0.2) is 0 Å². The average Bonchev–Trinajstić information content (AvgIpc) is 2.79. The van der Waals surface area contributed by atoms with Gasteiger partial charge >= 0.3 is 0 Å².